The summed E-state index contributed by atoms with van der Waals surface area (Å²) in [5.74, 6) is -0.701. The number of hydrogen-bond donors (Lipinski definition) is 0. The molecule has 7 nitrogen and oxygen atoms in total. The summed E-state index contributed by atoms with van der Waals surface area (Å²) in [6, 6.07) is 14.4. The van der Waals surface area contributed by atoms with Crippen molar-refractivity contribution in [3.05, 3.63) is 69.9 Å². The molecule has 0 saturated heterocycles. The molecule has 0 radical (unpaired) electrons. The maximum atomic E-state index is 11.6. The van der Waals surface area contributed by atoms with E-state index < -0.39 is 10.9 Å². The number of benzene rings is 2. The van der Waals surface area contributed by atoms with Crippen LogP contribution in [0.4, 0.5) is 5.69 Å². The third kappa shape index (κ3) is 3.92. The number of rotatable bonds is 5. The van der Waals surface area contributed by atoms with Crippen molar-refractivity contribution < 1.29 is 19.2 Å². The maximum Gasteiger partial charge on any atom is 0.322 e. The molecule has 7 heteroatoms. The van der Waals surface area contributed by atoms with Gasteiger partial charge in [0.05, 0.1) is 28.8 Å². The summed E-state index contributed by atoms with van der Waals surface area (Å²) in [4.78, 5) is 26.7. The molecule has 0 saturated carbocycles. The molecule has 2 aromatic carbocycles. The van der Waals surface area contributed by atoms with E-state index in [1.54, 1.807) is 12.2 Å². The Morgan fingerprint density at radius 3 is 2.59 bits per heavy atom. The van der Waals surface area contributed by atoms with Crippen LogP contribution < -0.4 is 9.47 Å². The van der Waals surface area contributed by atoms with Gasteiger partial charge in [-0.1, -0.05) is 24.3 Å². The van der Waals surface area contributed by atoms with Crippen LogP contribution in [0.15, 0.2) is 48.5 Å². The van der Waals surface area contributed by atoms with Crippen molar-refractivity contribution in [2.24, 2.45) is 0 Å². The van der Waals surface area contributed by atoms with Gasteiger partial charge < -0.3 is 9.47 Å². The summed E-state index contributed by atoms with van der Waals surface area (Å²) >= 11 is 0. The number of carbonyl (C=O) groups excluding carboxylic acids is 1. The van der Waals surface area contributed by atoms with Gasteiger partial charge in [-0.2, -0.15) is 0 Å². The zero-order chi connectivity index (χ0) is 19.4. The van der Waals surface area contributed by atoms with Crippen LogP contribution in [-0.2, 0) is 4.79 Å². The topological polar surface area (TPSA) is 91.6 Å². The standard InChI is InChI=1S/C20H16N2O5/c1-13(23)27-18-12-9-15(19(22(24)25)20(18)26-2)8-11-16-10-7-14-5-3-4-6-17(14)21-16/h3-12H,1-2H3. The number of fused-ring (bicyclic) bond motifs is 1. The largest absolute Gasteiger partial charge is 0.488 e. The first-order chi connectivity index (χ1) is 13.0. The first-order valence-electron chi connectivity index (χ1n) is 8.07. The van der Waals surface area contributed by atoms with Crippen LogP contribution in [0.3, 0.4) is 0 Å². The molecule has 0 bridgehead atoms. The smallest absolute Gasteiger partial charge is 0.322 e. The second-order valence-electron chi connectivity index (χ2n) is 5.65. The molecule has 0 aliphatic heterocycles. The maximum absolute atomic E-state index is 11.6. The van der Waals surface area contributed by atoms with Crippen molar-refractivity contribution in [2.45, 2.75) is 6.92 Å². The number of pyridine rings is 1. The lowest BCUT2D eigenvalue weighted by Gasteiger charge is -2.09. The van der Waals surface area contributed by atoms with E-state index >= 15 is 0 Å². The number of nitro benzene ring substituents is 1. The van der Waals surface area contributed by atoms with Gasteiger partial charge >= 0.3 is 11.7 Å². The Bertz CT molecular complexity index is 1060. The van der Waals surface area contributed by atoms with Gasteiger partial charge in [0.25, 0.3) is 0 Å². The number of aromatic nitrogens is 1. The number of ether oxygens (including phenoxy) is 2. The molecule has 0 atom stereocenters. The van der Waals surface area contributed by atoms with E-state index in [0.29, 0.717) is 11.3 Å². The Balaban J connectivity index is 2.03. The highest BCUT2D eigenvalue weighted by Crippen LogP contribution is 2.40. The van der Waals surface area contributed by atoms with Crippen molar-refractivity contribution >= 4 is 34.7 Å². The van der Waals surface area contributed by atoms with Gasteiger partial charge in [0.2, 0.25) is 5.75 Å². The van der Waals surface area contributed by atoms with Crippen LogP contribution in [-0.4, -0.2) is 23.0 Å². The fourth-order valence-electron chi connectivity index (χ4n) is 2.67. The number of para-hydroxylation sites is 1. The van der Waals surface area contributed by atoms with Gasteiger partial charge in [-0.3, -0.25) is 14.9 Å². The Kier molecular flexibility index (Phi) is 5.12. The summed E-state index contributed by atoms with van der Waals surface area (Å²) in [6.07, 6.45) is 3.26. The predicted molar refractivity (Wildman–Crippen MR) is 102 cm³/mol. The van der Waals surface area contributed by atoms with E-state index in [2.05, 4.69) is 4.98 Å². The first-order valence-corrected chi connectivity index (χ1v) is 8.07. The van der Waals surface area contributed by atoms with E-state index in [1.807, 2.05) is 36.4 Å². The van der Waals surface area contributed by atoms with Gasteiger partial charge in [0.15, 0.2) is 5.75 Å². The predicted octanol–water partition coefficient (Wildman–Crippen LogP) is 4.25. The van der Waals surface area contributed by atoms with Gasteiger partial charge in [0.1, 0.15) is 0 Å². The first kappa shape index (κ1) is 18.1. The third-order valence-corrected chi connectivity index (χ3v) is 3.82. The van der Waals surface area contributed by atoms with E-state index in [9.17, 15) is 14.9 Å². The van der Waals surface area contributed by atoms with Crippen molar-refractivity contribution in [3.63, 3.8) is 0 Å². The minimum Gasteiger partial charge on any atom is -0.488 e. The number of hydrogen-bond acceptors (Lipinski definition) is 6. The van der Waals surface area contributed by atoms with Gasteiger partial charge in [0, 0.05) is 12.3 Å². The van der Waals surface area contributed by atoms with Gasteiger partial charge in [-0.05, 0) is 36.4 Å². The minimum absolute atomic E-state index is 0.00215. The van der Waals surface area contributed by atoms with E-state index in [4.69, 9.17) is 9.47 Å². The molecule has 3 aromatic rings. The SMILES string of the molecule is COc1c(OC(C)=O)ccc(C=Cc2ccc3ccccc3n2)c1[N+](=O)[O-]. The van der Waals surface area contributed by atoms with E-state index in [0.717, 1.165) is 10.9 Å². The molecule has 1 heterocycles. The molecule has 0 aliphatic rings. The highest BCUT2D eigenvalue weighted by molar-refractivity contribution is 5.83. The average Bonchev–Trinajstić information content (AvgIpc) is 2.65. The third-order valence-electron chi connectivity index (χ3n) is 3.82. The van der Waals surface area contributed by atoms with Crippen molar-refractivity contribution in [1.82, 2.24) is 4.98 Å². The number of nitro groups is 1. The molecule has 0 aliphatic carbocycles. The molecule has 27 heavy (non-hydrogen) atoms. The van der Waals surface area contributed by atoms with Crippen LogP contribution in [0.5, 0.6) is 11.5 Å². The Morgan fingerprint density at radius 1 is 1.11 bits per heavy atom. The molecule has 0 amide bonds. The van der Waals surface area contributed by atoms with Crippen molar-refractivity contribution in [1.29, 1.82) is 0 Å². The van der Waals surface area contributed by atoms with Crippen LogP contribution in [0.2, 0.25) is 0 Å². The molecule has 3 rings (SSSR count). The van der Waals surface area contributed by atoms with E-state index in [-0.39, 0.29) is 17.2 Å². The van der Waals surface area contributed by atoms with Crippen molar-refractivity contribution in [2.75, 3.05) is 7.11 Å². The lowest BCUT2D eigenvalue weighted by atomic mass is 10.1. The summed E-state index contributed by atoms with van der Waals surface area (Å²) in [5.41, 5.74) is 1.51. The molecule has 0 spiro atoms. The highest BCUT2D eigenvalue weighted by Gasteiger charge is 2.24. The molecular formula is C20H16N2O5. The Morgan fingerprint density at radius 2 is 1.89 bits per heavy atom. The van der Waals surface area contributed by atoms with Gasteiger partial charge in [-0.15, -0.1) is 0 Å². The fraction of sp³-hybridized carbons (Fsp3) is 0.100. The normalized spacial score (nSPS) is 10.9. The van der Waals surface area contributed by atoms with Gasteiger partial charge in [-0.25, -0.2) is 4.98 Å². The molecule has 1 aromatic heterocycles. The quantitative estimate of drug-likeness (QED) is 0.291. The lowest BCUT2D eigenvalue weighted by molar-refractivity contribution is -0.386. The van der Waals surface area contributed by atoms with Crippen LogP contribution in [0.25, 0.3) is 23.1 Å². The summed E-state index contributed by atoms with van der Waals surface area (Å²) in [7, 11) is 1.29. The zero-order valence-corrected chi connectivity index (χ0v) is 14.7. The molecular weight excluding hydrogens is 348 g/mol. The lowest BCUT2D eigenvalue weighted by Crippen LogP contribution is -2.05. The molecule has 0 fully saturated rings. The number of methoxy groups -OCH3 is 1. The Labute approximate surface area is 155 Å². The van der Waals surface area contributed by atoms with E-state index in [1.165, 1.54) is 26.2 Å². The number of esters is 1. The monoisotopic (exact) mass is 364 g/mol. The Hall–Kier alpha value is -3.74. The van der Waals surface area contributed by atoms with Crippen LogP contribution in [0.1, 0.15) is 18.2 Å². The second kappa shape index (κ2) is 7.65. The minimum atomic E-state index is -0.591. The van der Waals surface area contributed by atoms with Crippen molar-refractivity contribution in [3.8, 4) is 11.5 Å². The number of carbonyl (C=O) groups is 1. The summed E-state index contributed by atoms with van der Waals surface area (Å²) in [5, 5.41) is 12.6. The summed E-state index contributed by atoms with van der Waals surface area (Å²) < 4.78 is 10.1. The molecule has 0 N–H and O–H groups in total. The van der Waals surface area contributed by atoms with Crippen LogP contribution >= 0.6 is 0 Å². The summed E-state index contributed by atoms with van der Waals surface area (Å²) in [6.45, 7) is 1.21. The zero-order valence-electron chi connectivity index (χ0n) is 14.7. The average molecular weight is 364 g/mol. The van der Waals surface area contributed by atoms with Crippen LogP contribution in [0, 0.1) is 10.1 Å². The fourth-order valence-corrected chi connectivity index (χ4v) is 2.67. The molecule has 136 valence electrons. The molecule has 0 unspecified atom stereocenters. The second-order valence-corrected chi connectivity index (χ2v) is 5.65. The highest BCUT2D eigenvalue weighted by atomic mass is 16.6. The number of nitrogens with zero attached hydrogens (tertiary/aromatic N) is 2.